The number of piperidine rings is 2. The summed E-state index contributed by atoms with van der Waals surface area (Å²) in [6.07, 6.45) is 9.68. The quantitative estimate of drug-likeness (QED) is 0.198. The highest BCUT2D eigenvalue weighted by Crippen LogP contribution is 2.21. The molecule has 2 aliphatic heterocycles. The topological polar surface area (TPSA) is 151 Å². The van der Waals surface area contributed by atoms with Gasteiger partial charge in [-0.3, -0.25) is 9.59 Å². The molecule has 4 rings (SSSR count). The number of benzene rings is 2. The minimum atomic E-state index is -0.647. The van der Waals surface area contributed by atoms with Crippen molar-refractivity contribution in [1.82, 2.24) is 9.80 Å². The number of carbonyl (C=O) groups excluding carboxylic acids is 1. The van der Waals surface area contributed by atoms with E-state index >= 15 is 0 Å². The molecular weight excluding hydrogens is 551 g/mol. The fourth-order valence-electron chi connectivity index (χ4n) is 4.10. The lowest BCUT2D eigenvalue weighted by Gasteiger charge is -2.28. The first-order valence-corrected chi connectivity index (χ1v) is 13.9. The molecule has 222 valence electrons. The molecule has 0 unspecified atom stereocenters. The van der Waals surface area contributed by atoms with Crippen molar-refractivity contribution in [1.29, 1.82) is 0 Å². The molecule has 40 heavy (non-hydrogen) atoms. The zero-order valence-corrected chi connectivity index (χ0v) is 24.9. The maximum atomic E-state index is 12.1. The number of nitrogens with one attached hydrogen (secondary N) is 1. The van der Waals surface area contributed by atoms with E-state index in [1.807, 2.05) is 37.4 Å². The van der Waals surface area contributed by atoms with Gasteiger partial charge in [-0.15, -0.1) is 36.0 Å². The van der Waals surface area contributed by atoms with Gasteiger partial charge in [0, 0.05) is 13.1 Å². The van der Waals surface area contributed by atoms with E-state index in [4.69, 9.17) is 46.9 Å². The molecule has 2 heterocycles. The molecule has 2 atom stereocenters. The minimum absolute atomic E-state index is 0.0772. The summed E-state index contributed by atoms with van der Waals surface area (Å²) < 4.78 is 5.74. The van der Waals surface area contributed by atoms with Crippen LogP contribution in [0.4, 0.5) is 22.7 Å². The van der Waals surface area contributed by atoms with Gasteiger partial charge in [0.25, 0.3) is 0 Å². The van der Waals surface area contributed by atoms with Crippen LogP contribution in [0.2, 0.25) is 0 Å². The molecule has 2 saturated heterocycles. The number of carbonyl (C=O) groups is 2. The summed E-state index contributed by atoms with van der Waals surface area (Å²) in [5, 5.41) is 11.7. The van der Waals surface area contributed by atoms with Crippen LogP contribution in [0.15, 0.2) is 48.5 Å². The van der Waals surface area contributed by atoms with Crippen molar-refractivity contribution in [2.45, 2.75) is 25.7 Å². The number of para-hydroxylation sites is 4. The van der Waals surface area contributed by atoms with E-state index in [0.717, 1.165) is 51.9 Å². The molecule has 0 radical (unpaired) electrons. The van der Waals surface area contributed by atoms with Crippen molar-refractivity contribution in [2.75, 3.05) is 68.1 Å². The fourth-order valence-corrected chi connectivity index (χ4v) is 4.10. The van der Waals surface area contributed by atoms with Crippen molar-refractivity contribution in [3.05, 3.63) is 48.5 Å². The summed E-state index contributed by atoms with van der Waals surface area (Å²) in [5.74, 6) is -0.617. The molecular formula is C29H44Cl2N6O3. The molecule has 8 N–H and O–H groups in total. The molecule has 2 aromatic rings. The van der Waals surface area contributed by atoms with Crippen LogP contribution in [0.1, 0.15) is 27.1 Å². The Balaban J connectivity index is 0.000000568. The van der Waals surface area contributed by atoms with Gasteiger partial charge in [0.2, 0.25) is 5.91 Å². The number of anilines is 4. The van der Waals surface area contributed by atoms with Gasteiger partial charge < -0.3 is 37.4 Å². The number of likely N-dealkylation sites (tertiary alicyclic amines) is 2. The summed E-state index contributed by atoms with van der Waals surface area (Å²) in [4.78, 5) is 26.8. The number of carboxylic acids is 1. The summed E-state index contributed by atoms with van der Waals surface area (Å²) in [6.45, 7) is 3.68. The third-order valence-electron chi connectivity index (χ3n) is 6.18. The van der Waals surface area contributed by atoms with E-state index in [9.17, 15) is 9.59 Å². The standard InChI is InChI=1S/C13H19N3O.C7H13NO2.C6H8N2.C2H2.CH2Cl2/c1-16-8-4-5-10(9-16)13(17)15-12-7-3-2-6-11(12)14;1-8-4-2-3-6(5-8)7(9)10;7-5-3-1-2-4-6(5)8;1-2;2-1-3/h2-3,6-7,10H,4-5,8-9,14H2,1H3,(H,15,17);6H,2-5H2,1H3,(H,9,10);1-4H,7-8H2;1-2H;1H2/t10-;6-;;;/m11.../s1/i;;;1D;. The first-order valence-electron chi connectivity index (χ1n) is 13.3. The van der Waals surface area contributed by atoms with Gasteiger partial charge in [-0.2, -0.15) is 0 Å². The second-order valence-electron chi connectivity index (χ2n) is 9.35. The predicted octanol–water partition coefficient (Wildman–Crippen LogP) is 4.48. The van der Waals surface area contributed by atoms with Crippen molar-refractivity contribution < 1.29 is 16.1 Å². The van der Waals surface area contributed by atoms with Crippen molar-refractivity contribution in [2.24, 2.45) is 11.8 Å². The lowest BCUT2D eigenvalue weighted by atomic mass is 9.97. The number of amides is 1. The van der Waals surface area contributed by atoms with Crippen LogP contribution < -0.4 is 22.5 Å². The Morgan fingerprint density at radius 1 is 0.925 bits per heavy atom. The van der Waals surface area contributed by atoms with E-state index < -0.39 is 5.97 Å². The zero-order valence-electron chi connectivity index (χ0n) is 24.4. The number of hydrogen-bond donors (Lipinski definition) is 5. The molecule has 2 fully saturated rings. The number of nitrogens with zero attached hydrogens (tertiary/aromatic N) is 2. The number of halogens is 2. The molecule has 0 aliphatic carbocycles. The van der Waals surface area contributed by atoms with Crippen molar-refractivity contribution in [3.63, 3.8) is 0 Å². The first-order chi connectivity index (χ1) is 19.5. The summed E-state index contributed by atoms with van der Waals surface area (Å²) in [6, 6.07) is 14.6. The number of hydrogen-bond acceptors (Lipinski definition) is 7. The minimum Gasteiger partial charge on any atom is -0.481 e. The van der Waals surface area contributed by atoms with Gasteiger partial charge in [-0.05, 0) is 77.1 Å². The van der Waals surface area contributed by atoms with Crippen LogP contribution in [0, 0.1) is 24.7 Å². The van der Waals surface area contributed by atoms with Crippen LogP contribution >= 0.6 is 23.2 Å². The molecule has 0 aromatic heterocycles. The number of terminal acetylenes is 1. The number of carboxylic acid groups (broad SMARTS) is 1. The number of nitrogen functional groups attached to an aromatic ring is 3. The number of aliphatic carboxylic acids is 1. The SMILES string of the molecule is CN1CCC[C@@H](C(=O)Nc2ccccc2N)C1.CN1CCC[C@@H](C(=O)O)C1.ClCCl.Nc1ccccc1N.[2H]C#C. The van der Waals surface area contributed by atoms with Gasteiger partial charge >= 0.3 is 5.97 Å². The average Bonchev–Trinajstić information content (AvgIpc) is 2.93. The number of nitrogens with two attached hydrogens (primary N) is 3. The Kier molecular flexibility index (Phi) is 18.9. The number of alkyl halides is 2. The largest absolute Gasteiger partial charge is 0.481 e. The molecule has 1 amide bonds. The van der Waals surface area contributed by atoms with Gasteiger partial charge in [-0.1, -0.05) is 24.3 Å². The van der Waals surface area contributed by atoms with Gasteiger partial charge in [0.05, 0.1) is 39.9 Å². The van der Waals surface area contributed by atoms with Crippen LogP contribution in [0.5, 0.6) is 0 Å². The maximum Gasteiger partial charge on any atom is 0.307 e. The van der Waals surface area contributed by atoms with Gasteiger partial charge in [-0.25, -0.2) is 0 Å². The first kappa shape index (κ1) is 34.9. The van der Waals surface area contributed by atoms with E-state index in [1.54, 1.807) is 18.2 Å². The molecule has 0 spiro atoms. The Morgan fingerprint density at radius 3 is 1.70 bits per heavy atom. The second-order valence-corrected chi connectivity index (χ2v) is 10.2. The number of rotatable bonds is 3. The molecule has 9 nitrogen and oxygen atoms in total. The monoisotopic (exact) mass is 595 g/mol. The maximum absolute atomic E-state index is 12.1. The predicted molar refractivity (Wildman–Crippen MR) is 169 cm³/mol. The lowest BCUT2D eigenvalue weighted by Crippen LogP contribution is -2.38. The zero-order chi connectivity index (χ0) is 31.2. The smallest absolute Gasteiger partial charge is 0.307 e. The fraction of sp³-hybridized carbons (Fsp3) is 0.448. The van der Waals surface area contributed by atoms with Crippen LogP contribution in [-0.4, -0.2) is 72.4 Å². The molecule has 2 aromatic carbocycles. The second kappa shape index (κ2) is 21.6. The molecule has 11 heteroatoms. The van der Waals surface area contributed by atoms with E-state index in [1.165, 1.54) is 6.40 Å². The lowest BCUT2D eigenvalue weighted by molar-refractivity contribution is -0.143. The third kappa shape index (κ3) is 15.4. The van der Waals surface area contributed by atoms with Crippen LogP contribution in [0.25, 0.3) is 0 Å². The normalized spacial score (nSPS) is 18.5. The van der Waals surface area contributed by atoms with Crippen molar-refractivity contribution >= 4 is 57.8 Å². The van der Waals surface area contributed by atoms with E-state index in [-0.39, 0.29) is 23.1 Å². The highest BCUT2D eigenvalue weighted by Gasteiger charge is 2.24. The third-order valence-corrected chi connectivity index (χ3v) is 6.18. The van der Waals surface area contributed by atoms with E-state index in [0.29, 0.717) is 22.7 Å². The van der Waals surface area contributed by atoms with Gasteiger partial charge in [0.15, 0.2) is 0 Å². The molecule has 0 saturated carbocycles. The highest BCUT2D eigenvalue weighted by molar-refractivity contribution is 6.40. The Morgan fingerprint density at radius 2 is 1.32 bits per heavy atom. The summed E-state index contributed by atoms with van der Waals surface area (Å²) >= 11 is 9.53. The molecule has 0 bridgehead atoms. The summed E-state index contributed by atoms with van der Waals surface area (Å²) in [7, 11) is 4.02. The van der Waals surface area contributed by atoms with Gasteiger partial charge in [0.1, 0.15) is 1.37 Å². The average molecular weight is 597 g/mol. The Bertz CT molecular complexity index is 1050. The van der Waals surface area contributed by atoms with Crippen LogP contribution in [0.3, 0.4) is 0 Å². The van der Waals surface area contributed by atoms with Crippen LogP contribution in [-0.2, 0) is 9.59 Å². The van der Waals surface area contributed by atoms with E-state index in [2.05, 4.69) is 28.6 Å². The summed E-state index contributed by atoms with van der Waals surface area (Å²) in [5.41, 5.74) is 19.2. The van der Waals surface area contributed by atoms with Crippen molar-refractivity contribution in [3.8, 4) is 12.8 Å². The molecule has 2 aliphatic rings. The highest BCUT2D eigenvalue weighted by atomic mass is 35.5. The Hall–Kier alpha value is -3.16. The Labute approximate surface area is 250 Å².